The summed E-state index contributed by atoms with van der Waals surface area (Å²) < 4.78 is 15.1. The van der Waals surface area contributed by atoms with Gasteiger partial charge in [-0.1, -0.05) is 18.2 Å². The summed E-state index contributed by atoms with van der Waals surface area (Å²) in [4.78, 5) is 34.5. The molecule has 0 aromatic heterocycles. The number of esters is 3. The normalized spacial score (nSPS) is 9.83. The molecule has 0 fully saturated rings. The van der Waals surface area contributed by atoms with Gasteiger partial charge in [0, 0.05) is 13.8 Å². The van der Waals surface area contributed by atoms with E-state index < -0.39 is 17.9 Å². The molecule has 0 amide bonds. The van der Waals surface area contributed by atoms with Crippen LogP contribution in [0.1, 0.15) is 24.2 Å². The van der Waals surface area contributed by atoms with Crippen LogP contribution in [0.3, 0.4) is 0 Å². The molecule has 6 nitrogen and oxygen atoms in total. The van der Waals surface area contributed by atoms with E-state index in [9.17, 15) is 14.4 Å². The Morgan fingerprint density at radius 2 is 1.39 bits per heavy atom. The average Bonchev–Trinajstić information content (AvgIpc) is 2.48. The molecule has 118 valence electrons. The van der Waals surface area contributed by atoms with Crippen molar-refractivity contribution in [1.29, 1.82) is 0 Å². The number of carbonyl (C=O) groups excluding carboxylic acids is 3. The lowest BCUT2D eigenvalue weighted by Crippen LogP contribution is -2.13. The lowest BCUT2D eigenvalue weighted by atomic mass is 10.2. The summed E-state index contributed by atoms with van der Waals surface area (Å²) in [5.41, 5.74) is -0.0252. The minimum Gasteiger partial charge on any atom is -0.427 e. The molecule has 0 heterocycles. The highest BCUT2D eigenvalue weighted by molar-refractivity contribution is 5.95. The highest BCUT2D eigenvalue weighted by Gasteiger charge is 2.18. The van der Waals surface area contributed by atoms with Gasteiger partial charge in [-0.3, -0.25) is 9.59 Å². The molecule has 0 spiro atoms. The predicted molar refractivity (Wildman–Crippen MR) is 80.5 cm³/mol. The number of para-hydroxylation sites is 1. The molecular formula is C17H14O6. The molecule has 0 aliphatic heterocycles. The van der Waals surface area contributed by atoms with Gasteiger partial charge in [-0.15, -0.1) is 0 Å². The van der Waals surface area contributed by atoms with Crippen LogP contribution in [0.5, 0.6) is 17.2 Å². The first-order valence-corrected chi connectivity index (χ1v) is 6.74. The molecule has 0 aliphatic carbocycles. The van der Waals surface area contributed by atoms with Crippen LogP contribution in [-0.4, -0.2) is 17.9 Å². The Hall–Kier alpha value is -3.15. The molecule has 2 rings (SSSR count). The standard InChI is InChI=1S/C17H14O6/c1-11(18)21-14-8-9-16(22-12(2)19)15(10-14)17(20)23-13-6-4-3-5-7-13/h3-10H,1-2H3. The van der Waals surface area contributed by atoms with Crippen LogP contribution in [0, 0.1) is 0 Å². The van der Waals surface area contributed by atoms with E-state index in [1.54, 1.807) is 30.3 Å². The second-order valence-corrected chi connectivity index (χ2v) is 4.55. The van der Waals surface area contributed by atoms with Crippen molar-refractivity contribution in [3.63, 3.8) is 0 Å². The number of carbonyl (C=O) groups is 3. The van der Waals surface area contributed by atoms with Gasteiger partial charge in [-0.05, 0) is 30.3 Å². The van der Waals surface area contributed by atoms with Crippen LogP contribution in [-0.2, 0) is 9.59 Å². The highest BCUT2D eigenvalue weighted by Crippen LogP contribution is 2.26. The van der Waals surface area contributed by atoms with Crippen molar-refractivity contribution in [3.8, 4) is 17.2 Å². The van der Waals surface area contributed by atoms with Crippen LogP contribution >= 0.6 is 0 Å². The Morgan fingerprint density at radius 1 is 0.739 bits per heavy atom. The molecule has 23 heavy (non-hydrogen) atoms. The van der Waals surface area contributed by atoms with Crippen molar-refractivity contribution in [3.05, 3.63) is 54.1 Å². The SMILES string of the molecule is CC(=O)Oc1ccc(OC(C)=O)c(C(=O)Oc2ccccc2)c1. The van der Waals surface area contributed by atoms with Gasteiger partial charge < -0.3 is 14.2 Å². The van der Waals surface area contributed by atoms with E-state index in [-0.39, 0.29) is 17.1 Å². The molecule has 0 atom stereocenters. The zero-order chi connectivity index (χ0) is 16.8. The first-order valence-electron chi connectivity index (χ1n) is 6.74. The fourth-order valence-electron chi connectivity index (χ4n) is 1.79. The van der Waals surface area contributed by atoms with Crippen molar-refractivity contribution >= 4 is 17.9 Å². The van der Waals surface area contributed by atoms with Gasteiger partial charge in [0.25, 0.3) is 0 Å². The van der Waals surface area contributed by atoms with Crippen LogP contribution in [0.25, 0.3) is 0 Å². The number of benzene rings is 2. The highest BCUT2D eigenvalue weighted by atomic mass is 16.6. The van der Waals surface area contributed by atoms with E-state index in [0.29, 0.717) is 5.75 Å². The fraction of sp³-hybridized carbons (Fsp3) is 0.118. The smallest absolute Gasteiger partial charge is 0.347 e. The van der Waals surface area contributed by atoms with Gasteiger partial charge in [0.2, 0.25) is 0 Å². The molecule has 0 unspecified atom stereocenters. The molecule has 0 N–H and O–H groups in total. The first-order chi connectivity index (χ1) is 11.0. The molecule has 0 aliphatic rings. The largest absolute Gasteiger partial charge is 0.427 e. The van der Waals surface area contributed by atoms with Crippen molar-refractivity contribution < 1.29 is 28.6 Å². The lowest BCUT2D eigenvalue weighted by Gasteiger charge is -2.10. The Bertz CT molecular complexity index is 736. The zero-order valence-corrected chi connectivity index (χ0v) is 12.6. The van der Waals surface area contributed by atoms with Gasteiger partial charge in [-0.25, -0.2) is 4.79 Å². The monoisotopic (exact) mass is 314 g/mol. The van der Waals surface area contributed by atoms with E-state index in [4.69, 9.17) is 14.2 Å². The zero-order valence-electron chi connectivity index (χ0n) is 12.6. The minimum absolute atomic E-state index is 0.0225. The molecular weight excluding hydrogens is 300 g/mol. The lowest BCUT2D eigenvalue weighted by molar-refractivity contribution is -0.133. The first kappa shape index (κ1) is 16.2. The molecule has 6 heteroatoms. The fourth-order valence-corrected chi connectivity index (χ4v) is 1.79. The Balaban J connectivity index is 2.33. The maximum absolute atomic E-state index is 12.3. The molecule has 0 saturated carbocycles. The molecule has 2 aromatic rings. The van der Waals surface area contributed by atoms with Crippen LogP contribution in [0.4, 0.5) is 0 Å². The number of hydrogen-bond acceptors (Lipinski definition) is 6. The van der Waals surface area contributed by atoms with Crippen LogP contribution in [0.2, 0.25) is 0 Å². The Kier molecular flexibility index (Phi) is 5.09. The van der Waals surface area contributed by atoms with E-state index in [1.807, 2.05) is 0 Å². The number of hydrogen-bond donors (Lipinski definition) is 0. The van der Waals surface area contributed by atoms with Gasteiger partial charge >= 0.3 is 17.9 Å². The molecule has 2 aromatic carbocycles. The molecule has 0 saturated heterocycles. The van der Waals surface area contributed by atoms with Gasteiger partial charge in [0.15, 0.2) is 0 Å². The van der Waals surface area contributed by atoms with E-state index in [2.05, 4.69) is 0 Å². The van der Waals surface area contributed by atoms with Crippen LogP contribution < -0.4 is 14.2 Å². The predicted octanol–water partition coefficient (Wildman–Crippen LogP) is 2.76. The van der Waals surface area contributed by atoms with Crippen LogP contribution in [0.15, 0.2) is 48.5 Å². The third-order valence-corrected chi connectivity index (χ3v) is 2.64. The number of ether oxygens (including phenoxy) is 3. The average molecular weight is 314 g/mol. The summed E-state index contributed by atoms with van der Waals surface area (Å²) in [6.07, 6.45) is 0. The minimum atomic E-state index is -0.735. The van der Waals surface area contributed by atoms with Gasteiger partial charge in [0.05, 0.1) is 0 Å². The van der Waals surface area contributed by atoms with Crippen molar-refractivity contribution in [2.45, 2.75) is 13.8 Å². The van der Waals surface area contributed by atoms with Gasteiger partial charge in [-0.2, -0.15) is 0 Å². The van der Waals surface area contributed by atoms with Crippen molar-refractivity contribution in [2.24, 2.45) is 0 Å². The summed E-state index contributed by atoms with van der Waals surface area (Å²) in [7, 11) is 0. The topological polar surface area (TPSA) is 78.9 Å². The second kappa shape index (κ2) is 7.22. The van der Waals surface area contributed by atoms with E-state index >= 15 is 0 Å². The third kappa shape index (κ3) is 4.67. The molecule has 0 radical (unpaired) electrons. The van der Waals surface area contributed by atoms with Crippen molar-refractivity contribution in [2.75, 3.05) is 0 Å². The summed E-state index contributed by atoms with van der Waals surface area (Å²) in [5.74, 6) is -1.35. The quantitative estimate of drug-likeness (QED) is 0.638. The summed E-state index contributed by atoms with van der Waals surface area (Å²) in [5, 5.41) is 0. The summed E-state index contributed by atoms with van der Waals surface area (Å²) >= 11 is 0. The summed E-state index contributed by atoms with van der Waals surface area (Å²) in [6, 6.07) is 12.5. The van der Waals surface area contributed by atoms with Gasteiger partial charge in [0.1, 0.15) is 22.8 Å². The maximum Gasteiger partial charge on any atom is 0.347 e. The van der Waals surface area contributed by atoms with E-state index in [0.717, 1.165) is 0 Å². The Labute approximate surface area is 132 Å². The second-order valence-electron chi connectivity index (χ2n) is 4.55. The van der Waals surface area contributed by atoms with E-state index in [1.165, 1.54) is 32.0 Å². The third-order valence-electron chi connectivity index (χ3n) is 2.64. The maximum atomic E-state index is 12.3. The van der Waals surface area contributed by atoms with Crippen molar-refractivity contribution in [1.82, 2.24) is 0 Å². The summed E-state index contributed by atoms with van der Waals surface area (Å²) in [6.45, 7) is 2.45. The molecule has 0 bridgehead atoms. The number of rotatable bonds is 4. The Morgan fingerprint density at radius 3 is 2.00 bits per heavy atom.